The number of aromatic nitrogens is 6. The minimum absolute atomic E-state index is 0.124. The molecule has 3 heterocycles. The van der Waals surface area contributed by atoms with Gasteiger partial charge < -0.3 is 4.74 Å². The molecule has 0 spiro atoms. The molecule has 1 aliphatic rings. The van der Waals surface area contributed by atoms with Crippen molar-refractivity contribution in [3.63, 3.8) is 0 Å². The van der Waals surface area contributed by atoms with Crippen LogP contribution < -0.4 is 0 Å². The van der Waals surface area contributed by atoms with Crippen molar-refractivity contribution < 1.29 is 4.74 Å². The standard InChI is InChI=1S/C8H8N6O/c1-5-2-6(7-3-15-7)10-11-8(5)14-4-9-12-13-14/h2,4,7H,3H2,1H3/t7-/m0/s1. The zero-order chi connectivity index (χ0) is 10.3. The third-order valence-electron chi connectivity index (χ3n) is 2.21. The van der Waals surface area contributed by atoms with Crippen LogP contribution in [-0.4, -0.2) is 37.0 Å². The molecular weight excluding hydrogens is 196 g/mol. The van der Waals surface area contributed by atoms with Crippen LogP contribution in [-0.2, 0) is 4.74 Å². The Kier molecular flexibility index (Phi) is 1.72. The zero-order valence-corrected chi connectivity index (χ0v) is 8.03. The number of tetrazole rings is 1. The molecular formula is C8H8N6O. The fourth-order valence-electron chi connectivity index (χ4n) is 1.36. The summed E-state index contributed by atoms with van der Waals surface area (Å²) in [6, 6.07) is 1.95. The van der Waals surface area contributed by atoms with Crippen molar-refractivity contribution in [2.75, 3.05) is 6.61 Å². The van der Waals surface area contributed by atoms with E-state index in [0.717, 1.165) is 17.9 Å². The van der Waals surface area contributed by atoms with Gasteiger partial charge in [0, 0.05) is 0 Å². The molecule has 1 atom stereocenters. The van der Waals surface area contributed by atoms with Gasteiger partial charge in [0.2, 0.25) is 0 Å². The molecule has 1 saturated heterocycles. The number of nitrogens with zero attached hydrogens (tertiary/aromatic N) is 6. The average Bonchev–Trinajstić information content (AvgIpc) is 2.95. The highest BCUT2D eigenvalue weighted by atomic mass is 16.6. The summed E-state index contributed by atoms with van der Waals surface area (Å²) < 4.78 is 6.62. The van der Waals surface area contributed by atoms with E-state index in [4.69, 9.17) is 4.74 Å². The lowest BCUT2D eigenvalue weighted by Crippen LogP contribution is -2.05. The van der Waals surface area contributed by atoms with Crippen molar-refractivity contribution in [3.05, 3.63) is 23.7 Å². The van der Waals surface area contributed by atoms with Crippen LogP contribution in [0.2, 0.25) is 0 Å². The van der Waals surface area contributed by atoms with E-state index >= 15 is 0 Å². The molecule has 2 aromatic rings. The van der Waals surface area contributed by atoms with Crippen LogP contribution in [0.25, 0.3) is 5.82 Å². The van der Waals surface area contributed by atoms with Gasteiger partial charge in [-0.3, -0.25) is 0 Å². The monoisotopic (exact) mass is 204 g/mol. The van der Waals surface area contributed by atoms with E-state index < -0.39 is 0 Å². The van der Waals surface area contributed by atoms with Crippen molar-refractivity contribution in [1.82, 2.24) is 30.4 Å². The Morgan fingerprint density at radius 2 is 2.33 bits per heavy atom. The molecule has 0 bridgehead atoms. The largest absolute Gasteiger partial charge is 0.366 e. The van der Waals surface area contributed by atoms with E-state index in [-0.39, 0.29) is 6.10 Å². The molecule has 7 heteroatoms. The van der Waals surface area contributed by atoms with Gasteiger partial charge in [-0.05, 0) is 29.0 Å². The van der Waals surface area contributed by atoms with Gasteiger partial charge in [-0.15, -0.1) is 10.2 Å². The van der Waals surface area contributed by atoms with Gasteiger partial charge in [0.05, 0.1) is 12.3 Å². The normalized spacial score (nSPS) is 19.1. The summed E-state index contributed by atoms with van der Waals surface area (Å²) in [7, 11) is 0. The molecule has 1 aliphatic heterocycles. The van der Waals surface area contributed by atoms with Crippen molar-refractivity contribution in [2.24, 2.45) is 0 Å². The van der Waals surface area contributed by atoms with Crippen LogP contribution in [0.3, 0.4) is 0 Å². The van der Waals surface area contributed by atoms with Gasteiger partial charge in [0.1, 0.15) is 12.4 Å². The van der Waals surface area contributed by atoms with E-state index in [1.165, 1.54) is 11.0 Å². The molecule has 15 heavy (non-hydrogen) atoms. The highest BCUT2D eigenvalue weighted by Crippen LogP contribution is 2.28. The van der Waals surface area contributed by atoms with Gasteiger partial charge in [0.25, 0.3) is 0 Å². The molecule has 0 aliphatic carbocycles. The Balaban J connectivity index is 2.02. The Bertz CT molecular complexity index is 478. The lowest BCUT2D eigenvalue weighted by atomic mass is 10.2. The zero-order valence-electron chi connectivity index (χ0n) is 8.03. The molecule has 0 aromatic carbocycles. The van der Waals surface area contributed by atoms with Crippen LogP contribution in [0.1, 0.15) is 17.4 Å². The Morgan fingerprint density at radius 1 is 1.47 bits per heavy atom. The number of aryl methyl sites for hydroxylation is 1. The third kappa shape index (κ3) is 1.46. The minimum Gasteiger partial charge on any atom is -0.366 e. The number of rotatable bonds is 2. The molecule has 7 nitrogen and oxygen atoms in total. The molecule has 0 unspecified atom stereocenters. The van der Waals surface area contributed by atoms with Crippen molar-refractivity contribution in [2.45, 2.75) is 13.0 Å². The maximum absolute atomic E-state index is 5.13. The second kappa shape index (κ2) is 3.06. The summed E-state index contributed by atoms with van der Waals surface area (Å²) in [5.74, 6) is 0.643. The summed E-state index contributed by atoms with van der Waals surface area (Å²) >= 11 is 0. The van der Waals surface area contributed by atoms with Crippen molar-refractivity contribution >= 4 is 0 Å². The maximum atomic E-state index is 5.13. The first-order chi connectivity index (χ1) is 7.34. The number of hydrogen-bond acceptors (Lipinski definition) is 6. The number of hydrogen-bond donors (Lipinski definition) is 0. The van der Waals surface area contributed by atoms with E-state index in [1.54, 1.807) is 0 Å². The predicted octanol–water partition coefficient (Wildman–Crippen LogP) is -0.168. The van der Waals surface area contributed by atoms with Crippen molar-refractivity contribution in [1.29, 1.82) is 0 Å². The first-order valence-electron chi connectivity index (χ1n) is 4.54. The minimum atomic E-state index is 0.124. The molecule has 0 amide bonds. The van der Waals surface area contributed by atoms with E-state index in [1.807, 2.05) is 13.0 Å². The van der Waals surface area contributed by atoms with Crippen LogP contribution in [0.4, 0.5) is 0 Å². The van der Waals surface area contributed by atoms with Gasteiger partial charge in [0.15, 0.2) is 5.82 Å². The first-order valence-corrected chi connectivity index (χ1v) is 4.54. The Labute approximate surface area is 85.1 Å². The average molecular weight is 204 g/mol. The van der Waals surface area contributed by atoms with Crippen molar-refractivity contribution in [3.8, 4) is 5.82 Å². The molecule has 3 rings (SSSR count). The fourth-order valence-corrected chi connectivity index (χ4v) is 1.36. The molecule has 1 fully saturated rings. The summed E-state index contributed by atoms with van der Waals surface area (Å²) in [5.41, 5.74) is 1.84. The van der Waals surface area contributed by atoms with Gasteiger partial charge >= 0.3 is 0 Å². The fraction of sp³-hybridized carbons (Fsp3) is 0.375. The maximum Gasteiger partial charge on any atom is 0.182 e. The summed E-state index contributed by atoms with van der Waals surface area (Å²) in [6.07, 6.45) is 1.61. The predicted molar refractivity (Wildman–Crippen MR) is 48.2 cm³/mol. The van der Waals surface area contributed by atoms with E-state index in [2.05, 4.69) is 25.7 Å². The summed E-state index contributed by atoms with van der Waals surface area (Å²) in [6.45, 7) is 2.68. The van der Waals surface area contributed by atoms with E-state index in [0.29, 0.717) is 5.82 Å². The quantitative estimate of drug-likeness (QED) is 0.632. The third-order valence-corrected chi connectivity index (χ3v) is 2.21. The SMILES string of the molecule is Cc1cc([C@@H]2CO2)nnc1-n1cnnn1. The van der Waals surface area contributed by atoms with Crippen LogP contribution >= 0.6 is 0 Å². The van der Waals surface area contributed by atoms with Crippen LogP contribution in [0, 0.1) is 6.92 Å². The van der Waals surface area contributed by atoms with Gasteiger partial charge in [-0.25, -0.2) is 0 Å². The summed E-state index contributed by atoms with van der Waals surface area (Å²) in [4.78, 5) is 0. The van der Waals surface area contributed by atoms with Crippen LogP contribution in [0.15, 0.2) is 12.4 Å². The Hall–Kier alpha value is -1.89. The topological polar surface area (TPSA) is 81.9 Å². The molecule has 0 N–H and O–H groups in total. The summed E-state index contributed by atoms with van der Waals surface area (Å²) in [5, 5.41) is 19.0. The van der Waals surface area contributed by atoms with Gasteiger partial charge in [-0.1, -0.05) is 0 Å². The lowest BCUT2D eigenvalue weighted by Gasteiger charge is -2.02. The number of ether oxygens (including phenoxy) is 1. The highest BCUT2D eigenvalue weighted by Gasteiger charge is 2.27. The second-order valence-electron chi connectivity index (χ2n) is 3.35. The molecule has 2 aromatic heterocycles. The smallest absolute Gasteiger partial charge is 0.182 e. The van der Waals surface area contributed by atoms with Gasteiger partial charge in [-0.2, -0.15) is 9.78 Å². The molecule has 0 radical (unpaired) electrons. The first kappa shape index (κ1) is 8.42. The molecule has 0 saturated carbocycles. The highest BCUT2D eigenvalue weighted by molar-refractivity contribution is 5.31. The number of epoxide rings is 1. The lowest BCUT2D eigenvalue weighted by molar-refractivity contribution is 0.409. The molecule has 76 valence electrons. The van der Waals surface area contributed by atoms with E-state index in [9.17, 15) is 0 Å². The Morgan fingerprint density at radius 3 is 2.93 bits per heavy atom. The van der Waals surface area contributed by atoms with Crippen LogP contribution in [0.5, 0.6) is 0 Å². The second-order valence-corrected chi connectivity index (χ2v) is 3.35.